The van der Waals surface area contributed by atoms with E-state index in [0.29, 0.717) is 27.2 Å². The molecule has 0 fully saturated rings. The van der Waals surface area contributed by atoms with E-state index in [1.54, 1.807) is 55.5 Å². The summed E-state index contributed by atoms with van der Waals surface area (Å²) >= 11 is 0. The molecule has 59 heavy (non-hydrogen) atoms. The van der Waals surface area contributed by atoms with Crippen molar-refractivity contribution in [2.75, 3.05) is 11.9 Å². The predicted molar refractivity (Wildman–Crippen MR) is 204 cm³/mol. The molecule has 0 unspecified atom stereocenters. The zero-order valence-electron chi connectivity index (χ0n) is 31.6. The van der Waals surface area contributed by atoms with Crippen LogP contribution in [-0.2, 0) is 32.2 Å². The Morgan fingerprint density at radius 1 is 0.746 bits per heavy atom. The van der Waals surface area contributed by atoms with E-state index < -0.39 is 38.1 Å². The van der Waals surface area contributed by atoms with Gasteiger partial charge in [0.15, 0.2) is 0 Å². The molecule has 0 bridgehead atoms. The number of aromatic hydroxyl groups is 1. The van der Waals surface area contributed by atoms with E-state index in [9.17, 15) is 48.9 Å². The zero-order chi connectivity index (χ0) is 41.4. The number of rotatable bonds is 10. The Morgan fingerprint density at radius 2 is 1.32 bits per heavy atom. The van der Waals surface area contributed by atoms with Crippen molar-refractivity contribution in [2.45, 2.75) is 25.7 Å². The number of non-ortho nitro benzene ring substituents is 1. The van der Waals surface area contributed by atoms with Crippen molar-refractivity contribution in [3.05, 3.63) is 107 Å². The number of phenols is 1. The van der Waals surface area contributed by atoms with Gasteiger partial charge < -0.3 is 30.8 Å². The van der Waals surface area contributed by atoms with Crippen molar-refractivity contribution in [1.29, 1.82) is 0 Å². The standard InChI is InChI=1S/C20H20N4O5S.C18H14N4O5.Cr.Na/c1-3-21-30(28,29)14-8-10-17(26)16(11-14)23-24-20-18(27)9-7-13-5-4-6-15(19(13)20)22-12(2)25;1-10(23)19-13-4-2-3-11-5-7-16(25)18(17(11)13)21-20-14-9-12(22(26)27)6-8-15(14)24;;/h4-11,21,26-27H,3H2,1-2H3,(H,22,25);2-9,24-25H,1H3,(H,19,23);;/q;;+3;+1/p-4. The second kappa shape index (κ2) is 20.6. The Kier molecular flexibility index (Phi) is 16.6. The van der Waals surface area contributed by atoms with Crippen molar-refractivity contribution in [1.82, 2.24) is 4.72 Å². The number of nitro groups is 1. The quantitative estimate of drug-likeness (QED) is 0.0452. The number of nitro benzene ring substituents is 1. The number of hydrogen-bond donors (Lipinski definition) is 3. The van der Waals surface area contributed by atoms with Gasteiger partial charge in [-0.1, -0.05) is 78.8 Å². The summed E-state index contributed by atoms with van der Waals surface area (Å²) in [5.74, 6) is -2.58. The van der Waals surface area contributed by atoms with Crippen LogP contribution in [0, 0.1) is 10.1 Å². The molecular weight excluding hydrogens is 836 g/mol. The number of fused-ring (bicyclic) bond motifs is 2. The van der Waals surface area contributed by atoms with Crippen molar-refractivity contribution < 1.29 is 90.6 Å². The molecule has 6 rings (SSSR count). The number of phenolic OH excluding ortho intramolecular Hbond substituents is 1. The first-order chi connectivity index (χ1) is 27.1. The average molecular weight is 866 g/mol. The number of hydrogen-bond acceptors (Lipinski definition) is 15. The summed E-state index contributed by atoms with van der Waals surface area (Å²) in [6.07, 6.45) is 0. The molecule has 0 aliphatic heterocycles. The number of benzene rings is 6. The predicted octanol–water partition coefficient (Wildman–Crippen LogP) is 3.01. The van der Waals surface area contributed by atoms with Crippen LogP contribution in [0.4, 0.5) is 39.8 Å². The fourth-order valence-electron chi connectivity index (χ4n) is 5.35. The second-order valence-electron chi connectivity index (χ2n) is 11.9. The fraction of sp³-hybridized carbons (Fsp3) is 0.105. The number of aliphatic imine (C=N–C) groups is 1. The van der Waals surface area contributed by atoms with Gasteiger partial charge in [-0.05, 0) is 53.9 Å². The number of nitrogens with one attached hydrogen (secondary N) is 2. The Balaban J connectivity index is 0.000000306. The topological polar surface area (TPSA) is 293 Å². The maximum Gasteiger partial charge on any atom is 3.00 e. The maximum atomic E-state index is 12.4. The van der Waals surface area contributed by atoms with Gasteiger partial charge in [0.1, 0.15) is 11.4 Å². The number of carbonyl (C=O) groups is 1. The summed E-state index contributed by atoms with van der Waals surface area (Å²) in [6, 6.07) is 22.4. The van der Waals surface area contributed by atoms with Gasteiger partial charge in [-0.25, -0.2) is 13.1 Å². The summed E-state index contributed by atoms with van der Waals surface area (Å²) in [4.78, 5) is 25.4. The first kappa shape index (κ1) is 47.4. The van der Waals surface area contributed by atoms with Crippen LogP contribution in [0.15, 0.2) is 127 Å². The molecule has 0 aromatic heterocycles. The molecule has 18 nitrogen and oxygen atoms in total. The number of azo groups is 2. The van der Waals surface area contributed by atoms with Gasteiger partial charge in [-0.15, -0.1) is 5.11 Å². The van der Waals surface area contributed by atoms with Crippen molar-refractivity contribution in [3.63, 3.8) is 0 Å². The van der Waals surface area contributed by atoms with E-state index in [1.807, 2.05) is 0 Å². The number of amides is 1. The van der Waals surface area contributed by atoms with Crippen LogP contribution < -0.4 is 60.0 Å². The minimum atomic E-state index is -3.80. The molecule has 0 spiro atoms. The van der Waals surface area contributed by atoms with Gasteiger partial charge in [-0.2, -0.15) is 15.3 Å². The second-order valence-corrected chi connectivity index (χ2v) is 13.6. The Bertz CT molecular complexity index is 2750. The van der Waals surface area contributed by atoms with Gasteiger partial charge in [0.05, 0.1) is 38.3 Å². The van der Waals surface area contributed by atoms with E-state index in [-0.39, 0.29) is 104 Å². The zero-order valence-corrected chi connectivity index (χ0v) is 35.7. The third-order valence-electron chi connectivity index (χ3n) is 7.79. The third kappa shape index (κ3) is 11.6. The van der Waals surface area contributed by atoms with Crippen LogP contribution in [0.3, 0.4) is 0 Å². The van der Waals surface area contributed by atoms with Crippen LogP contribution >= 0.6 is 0 Å². The molecule has 1 radical (unpaired) electrons. The number of nitrogens with zero attached hydrogens (tertiary/aromatic N) is 6. The first-order valence-corrected chi connectivity index (χ1v) is 18.1. The summed E-state index contributed by atoms with van der Waals surface area (Å²) in [7, 11) is -3.80. The SMILES string of the molecule is CC(=O)Nc1cccc2ccc(O)c(N=Nc3cc([N+](=O)[O-])ccc3[O-])c12.CCNS(=O)(=O)c1ccc([O-])c(N=Nc2c([O-])ccc3cccc(N=C(C)[O-])c23)c1.[Cr+3].[Na+]. The van der Waals surface area contributed by atoms with Crippen molar-refractivity contribution in [2.24, 2.45) is 25.4 Å². The van der Waals surface area contributed by atoms with Crippen LogP contribution in [-0.4, -0.2) is 36.8 Å². The molecule has 1 amide bonds. The van der Waals surface area contributed by atoms with Crippen LogP contribution in [0.25, 0.3) is 21.5 Å². The van der Waals surface area contributed by atoms with Crippen molar-refractivity contribution >= 4 is 83.2 Å². The molecule has 295 valence electrons. The van der Waals surface area contributed by atoms with Crippen LogP contribution in [0.1, 0.15) is 20.8 Å². The largest absolute Gasteiger partial charge is 3.00 e. The number of anilines is 1. The summed E-state index contributed by atoms with van der Waals surface area (Å²) in [5, 5.41) is 89.1. The van der Waals surface area contributed by atoms with Gasteiger partial charge in [0, 0.05) is 36.4 Å². The van der Waals surface area contributed by atoms with E-state index in [1.165, 1.54) is 32.0 Å². The molecule has 6 aromatic carbocycles. The van der Waals surface area contributed by atoms with Crippen molar-refractivity contribution in [3.8, 4) is 23.0 Å². The molecule has 3 N–H and O–H groups in total. The number of sulfonamides is 1. The summed E-state index contributed by atoms with van der Waals surface area (Å²) in [6.45, 7) is 4.42. The molecular formula is C38H30CrN8NaO10S. The van der Waals surface area contributed by atoms with E-state index in [0.717, 1.165) is 30.3 Å². The molecule has 0 heterocycles. The van der Waals surface area contributed by atoms with Gasteiger partial charge in [-0.3, -0.25) is 19.9 Å². The van der Waals surface area contributed by atoms with Gasteiger partial charge in [0.25, 0.3) is 5.69 Å². The average Bonchev–Trinajstić information content (AvgIpc) is 3.15. The molecule has 0 aliphatic carbocycles. The van der Waals surface area contributed by atoms with Gasteiger partial charge >= 0.3 is 46.9 Å². The minimum Gasteiger partial charge on any atom is -0.871 e. The minimum absolute atomic E-state index is 0. The smallest absolute Gasteiger partial charge is 0.871 e. The fourth-order valence-corrected chi connectivity index (χ4v) is 6.41. The van der Waals surface area contributed by atoms with E-state index in [4.69, 9.17) is 0 Å². The summed E-state index contributed by atoms with van der Waals surface area (Å²) < 4.78 is 26.7. The molecule has 0 atom stereocenters. The first-order valence-electron chi connectivity index (χ1n) is 16.7. The number of carbonyl (C=O) groups excluding carboxylic acids is 1. The Morgan fingerprint density at radius 3 is 1.95 bits per heavy atom. The molecule has 0 saturated carbocycles. The van der Waals surface area contributed by atoms with Crippen LogP contribution in [0.2, 0.25) is 0 Å². The maximum absolute atomic E-state index is 12.4. The normalized spacial score (nSPS) is 11.5. The molecule has 0 saturated heterocycles. The Hall–Kier alpha value is -5.98. The van der Waals surface area contributed by atoms with E-state index in [2.05, 4.69) is 35.5 Å². The van der Waals surface area contributed by atoms with E-state index >= 15 is 0 Å². The Labute approximate surface area is 369 Å². The molecule has 6 aromatic rings. The monoisotopic (exact) mass is 865 g/mol. The van der Waals surface area contributed by atoms with Crippen LogP contribution in [0.5, 0.6) is 23.0 Å². The third-order valence-corrected chi connectivity index (χ3v) is 9.33. The van der Waals surface area contributed by atoms with Gasteiger partial charge in [0.2, 0.25) is 15.9 Å². The molecule has 0 aliphatic rings. The molecule has 21 heteroatoms. The summed E-state index contributed by atoms with van der Waals surface area (Å²) in [5.41, 5.74) is -0.201.